The van der Waals surface area contributed by atoms with Crippen molar-refractivity contribution in [3.63, 3.8) is 0 Å². The molecule has 100 valence electrons. The lowest BCUT2D eigenvalue weighted by Crippen LogP contribution is -2.16. The molecule has 0 aromatic heterocycles. The number of carbonyl (C=O) groups excluding carboxylic acids is 1. The second-order valence-electron chi connectivity index (χ2n) is 4.04. The van der Waals surface area contributed by atoms with Gasteiger partial charge in [0.2, 0.25) is 5.91 Å². The number of benzene rings is 1. The predicted molar refractivity (Wildman–Crippen MR) is 78.2 cm³/mol. The fraction of sp³-hybridized carbons (Fsp3) is 0.462. The Hall–Kier alpha value is -1.36. The average molecular weight is 268 g/mol. The van der Waals surface area contributed by atoms with Gasteiger partial charge in [-0.25, -0.2) is 0 Å². The number of nitrogen functional groups attached to an aromatic ring is 1. The molecule has 0 aliphatic carbocycles. The minimum absolute atomic E-state index is 0.0378. The summed E-state index contributed by atoms with van der Waals surface area (Å²) >= 11 is 1.64. The van der Waals surface area contributed by atoms with Gasteiger partial charge in [-0.05, 0) is 24.6 Å². The molecule has 0 saturated heterocycles. The van der Waals surface area contributed by atoms with E-state index in [1.807, 2.05) is 0 Å². The fourth-order valence-electron chi connectivity index (χ4n) is 1.35. The Kier molecular flexibility index (Phi) is 5.85. The van der Waals surface area contributed by atoms with Crippen LogP contribution < -0.4 is 15.8 Å². The lowest BCUT2D eigenvalue weighted by Gasteiger charge is -2.12. The fourth-order valence-corrected chi connectivity index (χ4v) is 2.09. The molecule has 4 nitrogen and oxygen atoms in total. The van der Waals surface area contributed by atoms with Crippen molar-refractivity contribution in [2.75, 3.05) is 23.9 Å². The summed E-state index contributed by atoms with van der Waals surface area (Å²) in [4.78, 5) is 11.8. The van der Waals surface area contributed by atoms with E-state index in [4.69, 9.17) is 10.5 Å². The maximum atomic E-state index is 11.8. The van der Waals surface area contributed by atoms with Crippen molar-refractivity contribution in [2.24, 2.45) is 0 Å². The van der Waals surface area contributed by atoms with Gasteiger partial charge in [0.25, 0.3) is 0 Å². The molecule has 1 aromatic carbocycles. The molecule has 5 heteroatoms. The predicted octanol–water partition coefficient (Wildman–Crippen LogP) is 2.75. The minimum atomic E-state index is -0.0378. The first kappa shape index (κ1) is 14.7. The molecule has 0 radical (unpaired) electrons. The van der Waals surface area contributed by atoms with E-state index in [0.29, 0.717) is 28.1 Å². The quantitative estimate of drug-likeness (QED) is 0.779. The summed E-state index contributed by atoms with van der Waals surface area (Å²) in [7, 11) is 1.56. The average Bonchev–Trinajstić information content (AvgIpc) is 2.36. The van der Waals surface area contributed by atoms with Gasteiger partial charge in [-0.1, -0.05) is 13.8 Å². The number of methoxy groups -OCH3 is 1. The molecule has 18 heavy (non-hydrogen) atoms. The third kappa shape index (κ3) is 4.49. The lowest BCUT2D eigenvalue weighted by molar-refractivity contribution is -0.113. The summed E-state index contributed by atoms with van der Waals surface area (Å²) in [6, 6.07) is 5.18. The first-order valence-corrected chi connectivity index (χ1v) is 6.96. The van der Waals surface area contributed by atoms with Gasteiger partial charge in [0.05, 0.1) is 18.6 Å². The zero-order valence-electron chi connectivity index (χ0n) is 11.0. The molecule has 0 saturated carbocycles. The first-order chi connectivity index (χ1) is 8.56. The highest BCUT2D eigenvalue weighted by atomic mass is 32.2. The number of thioether (sulfide) groups is 1. The highest BCUT2D eigenvalue weighted by Gasteiger charge is 2.09. The monoisotopic (exact) mass is 268 g/mol. The molecule has 1 aromatic rings. The van der Waals surface area contributed by atoms with Gasteiger partial charge in [-0.15, -0.1) is 11.8 Å². The number of carbonyl (C=O) groups is 1. The number of nitrogens with two attached hydrogens (primary N) is 1. The summed E-state index contributed by atoms with van der Waals surface area (Å²) in [5.74, 6) is 1.02. The van der Waals surface area contributed by atoms with Crippen molar-refractivity contribution in [1.82, 2.24) is 0 Å². The highest BCUT2D eigenvalue weighted by molar-refractivity contribution is 8.00. The smallest absolute Gasteiger partial charge is 0.234 e. The number of amides is 1. The molecule has 0 fully saturated rings. The Morgan fingerprint density at radius 3 is 2.89 bits per heavy atom. The van der Waals surface area contributed by atoms with Crippen LogP contribution in [0.15, 0.2) is 18.2 Å². The Morgan fingerprint density at radius 1 is 1.56 bits per heavy atom. The van der Waals surface area contributed by atoms with E-state index < -0.39 is 0 Å². The normalized spacial score (nSPS) is 11.9. The molecule has 0 aliphatic heterocycles. The Bertz CT molecular complexity index is 410. The molecule has 0 heterocycles. The standard InChI is InChI=1S/C13H20N2O2S/c1-4-9(2)18-8-13(16)15-11-7-10(14)5-6-12(11)17-3/h5-7,9H,4,8,14H2,1-3H3,(H,15,16). The van der Waals surface area contributed by atoms with Gasteiger partial charge in [0, 0.05) is 10.9 Å². The second-order valence-corrected chi connectivity index (χ2v) is 5.46. The SMILES string of the molecule is CCC(C)SCC(=O)Nc1cc(N)ccc1OC. The third-order valence-electron chi connectivity index (χ3n) is 2.57. The van der Waals surface area contributed by atoms with Crippen molar-refractivity contribution < 1.29 is 9.53 Å². The van der Waals surface area contributed by atoms with E-state index in [1.54, 1.807) is 37.1 Å². The van der Waals surface area contributed by atoms with Gasteiger partial charge in [-0.3, -0.25) is 4.79 Å². The minimum Gasteiger partial charge on any atom is -0.495 e. The van der Waals surface area contributed by atoms with E-state index in [9.17, 15) is 4.79 Å². The van der Waals surface area contributed by atoms with Crippen molar-refractivity contribution in [2.45, 2.75) is 25.5 Å². The summed E-state index contributed by atoms with van der Waals surface area (Å²) < 4.78 is 5.17. The molecule has 1 atom stereocenters. The van der Waals surface area contributed by atoms with Crippen LogP contribution in [0.3, 0.4) is 0 Å². The first-order valence-electron chi connectivity index (χ1n) is 5.91. The van der Waals surface area contributed by atoms with E-state index in [-0.39, 0.29) is 5.91 Å². The summed E-state index contributed by atoms with van der Waals surface area (Å²) in [5.41, 5.74) is 6.91. The van der Waals surface area contributed by atoms with Crippen molar-refractivity contribution >= 4 is 29.0 Å². The van der Waals surface area contributed by atoms with Crippen molar-refractivity contribution in [1.29, 1.82) is 0 Å². The largest absolute Gasteiger partial charge is 0.495 e. The maximum Gasteiger partial charge on any atom is 0.234 e. The van der Waals surface area contributed by atoms with Crippen LogP contribution in [0, 0.1) is 0 Å². The van der Waals surface area contributed by atoms with Crippen LogP contribution >= 0.6 is 11.8 Å². The van der Waals surface area contributed by atoms with Gasteiger partial charge in [0.1, 0.15) is 5.75 Å². The highest BCUT2D eigenvalue weighted by Crippen LogP contribution is 2.26. The van der Waals surface area contributed by atoms with Gasteiger partial charge < -0.3 is 15.8 Å². The third-order valence-corrected chi connectivity index (χ3v) is 3.90. The summed E-state index contributed by atoms with van der Waals surface area (Å²) in [5, 5.41) is 3.30. The second kappa shape index (κ2) is 7.16. The van der Waals surface area contributed by atoms with Crippen LogP contribution in [-0.2, 0) is 4.79 Å². The molecular formula is C13H20N2O2S. The Morgan fingerprint density at radius 2 is 2.28 bits per heavy atom. The zero-order chi connectivity index (χ0) is 13.5. The number of rotatable bonds is 6. The molecule has 1 unspecified atom stereocenters. The molecular weight excluding hydrogens is 248 g/mol. The molecule has 1 amide bonds. The summed E-state index contributed by atoms with van der Waals surface area (Å²) in [6.07, 6.45) is 1.06. The molecule has 1 rings (SSSR count). The number of hydrogen-bond acceptors (Lipinski definition) is 4. The topological polar surface area (TPSA) is 64.4 Å². The van der Waals surface area contributed by atoms with Gasteiger partial charge in [0.15, 0.2) is 0 Å². The van der Waals surface area contributed by atoms with Crippen LogP contribution in [0.5, 0.6) is 5.75 Å². The maximum absolute atomic E-state index is 11.8. The van der Waals surface area contributed by atoms with E-state index in [0.717, 1.165) is 6.42 Å². The van der Waals surface area contributed by atoms with Crippen LogP contribution in [0.4, 0.5) is 11.4 Å². The van der Waals surface area contributed by atoms with Gasteiger partial charge in [-0.2, -0.15) is 0 Å². The van der Waals surface area contributed by atoms with Crippen LogP contribution in [-0.4, -0.2) is 24.0 Å². The Labute approximate surface area is 112 Å². The van der Waals surface area contributed by atoms with E-state index in [2.05, 4.69) is 19.2 Å². The number of hydrogen-bond donors (Lipinski definition) is 2. The number of anilines is 2. The molecule has 0 spiro atoms. The van der Waals surface area contributed by atoms with E-state index >= 15 is 0 Å². The number of ether oxygens (including phenoxy) is 1. The summed E-state index contributed by atoms with van der Waals surface area (Å²) in [6.45, 7) is 4.22. The molecule has 3 N–H and O–H groups in total. The van der Waals surface area contributed by atoms with Gasteiger partial charge >= 0.3 is 0 Å². The van der Waals surface area contributed by atoms with Crippen LogP contribution in [0.25, 0.3) is 0 Å². The van der Waals surface area contributed by atoms with Crippen molar-refractivity contribution in [3.8, 4) is 5.75 Å². The lowest BCUT2D eigenvalue weighted by atomic mass is 10.2. The molecule has 0 bridgehead atoms. The Balaban J connectivity index is 2.61. The van der Waals surface area contributed by atoms with Crippen molar-refractivity contribution in [3.05, 3.63) is 18.2 Å². The zero-order valence-corrected chi connectivity index (χ0v) is 11.8. The number of nitrogens with one attached hydrogen (secondary N) is 1. The van der Waals surface area contributed by atoms with E-state index in [1.165, 1.54) is 0 Å². The molecule has 0 aliphatic rings. The van der Waals surface area contributed by atoms with Crippen LogP contribution in [0.2, 0.25) is 0 Å². The van der Waals surface area contributed by atoms with Crippen LogP contribution in [0.1, 0.15) is 20.3 Å².